The fraction of sp³-hybridized carbons (Fsp3) is 0.944. The van der Waals surface area contributed by atoms with Crippen molar-refractivity contribution in [1.29, 1.82) is 0 Å². The van der Waals surface area contributed by atoms with Crippen LogP contribution in [0.2, 0.25) is 0 Å². The Labute approximate surface area is 135 Å². The number of hydrogen-bond acceptors (Lipinski definition) is 3. The topological polar surface area (TPSA) is 49.8 Å². The van der Waals surface area contributed by atoms with Crippen molar-refractivity contribution in [3.63, 3.8) is 0 Å². The van der Waals surface area contributed by atoms with Crippen LogP contribution in [-0.4, -0.2) is 41.4 Å². The zero-order valence-corrected chi connectivity index (χ0v) is 14.6. The highest BCUT2D eigenvalue weighted by atomic mass is 16.6. The molecule has 0 unspecified atom stereocenters. The molecule has 0 heterocycles. The van der Waals surface area contributed by atoms with Crippen molar-refractivity contribution >= 4 is 6.09 Å². The van der Waals surface area contributed by atoms with Crippen LogP contribution < -0.4 is 0 Å². The molecule has 4 heteroatoms. The van der Waals surface area contributed by atoms with E-state index >= 15 is 0 Å². The summed E-state index contributed by atoms with van der Waals surface area (Å²) in [4.78, 5) is 14.2. The van der Waals surface area contributed by atoms with Gasteiger partial charge < -0.3 is 14.7 Å². The highest BCUT2D eigenvalue weighted by Crippen LogP contribution is 2.36. The summed E-state index contributed by atoms with van der Waals surface area (Å²) in [5, 5.41) is 10.1. The summed E-state index contributed by atoms with van der Waals surface area (Å²) in [6.07, 6.45) is 6.51. The normalized spacial score (nSPS) is 36.2. The predicted molar refractivity (Wildman–Crippen MR) is 87.6 cm³/mol. The van der Waals surface area contributed by atoms with Crippen LogP contribution in [0.4, 0.5) is 4.79 Å². The molecule has 0 aromatic rings. The average molecular weight is 311 g/mol. The highest BCUT2D eigenvalue weighted by Gasteiger charge is 2.36. The molecule has 128 valence electrons. The van der Waals surface area contributed by atoms with Crippen molar-refractivity contribution in [3.05, 3.63) is 0 Å². The largest absolute Gasteiger partial charge is 0.446 e. The van der Waals surface area contributed by atoms with Crippen LogP contribution in [0.15, 0.2) is 0 Å². The summed E-state index contributed by atoms with van der Waals surface area (Å²) in [6, 6.07) is -0.0836. The number of ether oxygens (including phenoxy) is 1. The molecular formula is C18H33NO3. The molecular weight excluding hydrogens is 278 g/mol. The third kappa shape index (κ3) is 4.15. The van der Waals surface area contributed by atoms with Crippen LogP contribution in [0, 0.1) is 17.8 Å². The van der Waals surface area contributed by atoms with Crippen molar-refractivity contribution in [1.82, 2.24) is 4.90 Å². The molecule has 2 aliphatic carbocycles. The minimum Gasteiger partial charge on any atom is -0.446 e. The molecule has 22 heavy (non-hydrogen) atoms. The third-order valence-electron chi connectivity index (χ3n) is 5.69. The molecule has 0 aromatic heterocycles. The Bertz CT molecular complexity index is 371. The molecule has 1 N–H and O–H groups in total. The molecule has 2 aliphatic rings. The molecule has 0 aliphatic heterocycles. The summed E-state index contributed by atoms with van der Waals surface area (Å²) in [5.74, 6) is 1.62. The summed E-state index contributed by atoms with van der Waals surface area (Å²) in [7, 11) is 1.78. The molecule has 0 radical (unpaired) electrons. The number of aliphatic hydroxyl groups is 1. The number of amides is 1. The number of nitrogens with zero attached hydrogens (tertiary/aromatic N) is 1. The smallest absolute Gasteiger partial charge is 0.410 e. The lowest BCUT2D eigenvalue weighted by molar-refractivity contribution is -0.0276. The molecule has 0 bridgehead atoms. The SMILES string of the molecule is CC(C)[C@@H]1CC[C@@H](C)C[C@H]1OC(=O)N(C)[C@@H]1CCCC[C@H]1O. The molecule has 2 rings (SSSR count). The predicted octanol–water partition coefficient (Wildman–Crippen LogP) is 3.82. The fourth-order valence-electron chi connectivity index (χ4n) is 4.14. The maximum Gasteiger partial charge on any atom is 0.410 e. The van der Waals surface area contributed by atoms with Gasteiger partial charge in [-0.15, -0.1) is 0 Å². The van der Waals surface area contributed by atoms with E-state index < -0.39 is 6.10 Å². The number of carbonyl (C=O) groups is 1. The van der Waals surface area contributed by atoms with Gasteiger partial charge in [0, 0.05) is 7.05 Å². The number of rotatable bonds is 3. The van der Waals surface area contributed by atoms with Gasteiger partial charge in [-0.25, -0.2) is 4.79 Å². The van der Waals surface area contributed by atoms with Gasteiger partial charge in [-0.05, 0) is 43.4 Å². The highest BCUT2D eigenvalue weighted by molar-refractivity contribution is 5.68. The van der Waals surface area contributed by atoms with E-state index in [9.17, 15) is 9.90 Å². The maximum absolute atomic E-state index is 12.5. The number of aliphatic hydroxyl groups excluding tert-OH is 1. The van der Waals surface area contributed by atoms with Gasteiger partial charge >= 0.3 is 6.09 Å². The Morgan fingerprint density at radius 2 is 1.86 bits per heavy atom. The first-order valence-corrected chi connectivity index (χ1v) is 9.01. The van der Waals surface area contributed by atoms with Gasteiger partial charge in [-0.2, -0.15) is 0 Å². The van der Waals surface area contributed by atoms with E-state index in [0.717, 1.165) is 38.5 Å². The zero-order chi connectivity index (χ0) is 16.3. The quantitative estimate of drug-likeness (QED) is 0.862. The first-order valence-electron chi connectivity index (χ1n) is 9.01. The van der Waals surface area contributed by atoms with E-state index in [0.29, 0.717) is 17.8 Å². The lowest BCUT2D eigenvalue weighted by atomic mass is 9.75. The summed E-state index contributed by atoms with van der Waals surface area (Å²) in [5.41, 5.74) is 0. The maximum atomic E-state index is 12.5. The number of likely N-dealkylation sites (N-methyl/N-ethyl adjacent to an activating group) is 1. The summed E-state index contributed by atoms with van der Waals surface area (Å²) < 4.78 is 5.87. The molecule has 1 amide bonds. The van der Waals surface area contributed by atoms with Crippen LogP contribution in [0.5, 0.6) is 0 Å². The molecule has 5 atom stereocenters. The van der Waals surface area contributed by atoms with E-state index in [1.165, 1.54) is 6.42 Å². The molecule has 0 saturated heterocycles. The second-order valence-electron chi connectivity index (χ2n) is 7.78. The van der Waals surface area contributed by atoms with Gasteiger partial charge in [0.1, 0.15) is 6.10 Å². The van der Waals surface area contributed by atoms with Gasteiger partial charge in [-0.3, -0.25) is 0 Å². The van der Waals surface area contributed by atoms with E-state index in [1.807, 2.05) is 0 Å². The number of carbonyl (C=O) groups excluding carboxylic acids is 1. The van der Waals surface area contributed by atoms with Crippen LogP contribution in [0.3, 0.4) is 0 Å². The zero-order valence-electron chi connectivity index (χ0n) is 14.6. The minimum absolute atomic E-state index is 0.0273. The lowest BCUT2D eigenvalue weighted by Crippen LogP contribution is -2.48. The summed E-state index contributed by atoms with van der Waals surface area (Å²) in [6.45, 7) is 6.68. The van der Waals surface area contributed by atoms with Gasteiger partial charge in [0.15, 0.2) is 0 Å². The van der Waals surface area contributed by atoms with E-state index in [2.05, 4.69) is 20.8 Å². The van der Waals surface area contributed by atoms with Gasteiger partial charge in [0.2, 0.25) is 0 Å². The first kappa shape index (κ1) is 17.6. The monoisotopic (exact) mass is 311 g/mol. The van der Waals surface area contributed by atoms with Crippen molar-refractivity contribution in [2.75, 3.05) is 7.05 Å². The van der Waals surface area contributed by atoms with Crippen LogP contribution >= 0.6 is 0 Å². The standard InChI is InChI=1S/C18H33NO3/c1-12(2)14-10-9-13(3)11-17(14)22-18(21)19(4)15-7-5-6-8-16(15)20/h12-17,20H,5-11H2,1-4H3/t13-,14+,15-,16-,17-/m1/s1. The Balaban J connectivity index is 1.96. The Morgan fingerprint density at radius 1 is 1.18 bits per heavy atom. The van der Waals surface area contributed by atoms with Crippen LogP contribution in [0.25, 0.3) is 0 Å². The third-order valence-corrected chi connectivity index (χ3v) is 5.69. The Morgan fingerprint density at radius 3 is 2.50 bits per heavy atom. The van der Waals surface area contributed by atoms with Gasteiger partial charge in [0.05, 0.1) is 12.1 Å². The van der Waals surface area contributed by atoms with Crippen molar-refractivity contribution in [3.8, 4) is 0 Å². The van der Waals surface area contributed by atoms with Crippen molar-refractivity contribution in [2.45, 2.75) is 84.0 Å². The summed E-state index contributed by atoms with van der Waals surface area (Å²) >= 11 is 0. The van der Waals surface area contributed by atoms with E-state index in [1.54, 1.807) is 11.9 Å². The van der Waals surface area contributed by atoms with E-state index in [4.69, 9.17) is 4.74 Å². The molecule has 2 fully saturated rings. The average Bonchev–Trinajstić information content (AvgIpc) is 2.46. The van der Waals surface area contributed by atoms with E-state index in [-0.39, 0.29) is 18.2 Å². The number of hydrogen-bond donors (Lipinski definition) is 1. The van der Waals surface area contributed by atoms with Crippen molar-refractivity contribution < 1.29 is 14.6 Å². The molecule has 2 saturated carbocycles. The molecule has 0 aromatic carbocycles. The lowest BCUT2D eigenvalue weighted by Gasteiger charge is -2.39. The Kier molecular flexibility index (Phi) is 6.13. The fourth-order valence-corrected chi connectivity index (χ4v) is 4.14. The Hall–Kier alpha value is -0.770. The second-order valence-corrected chi connectivity index (χ2v) is 7.78. The van der Waals surface area contributed by atoms with Gasteiger partial charge in [-0.1, -0.05) is 40.0 Å². The van der Waals surface area contributed by atoms with Crippen molar-refractivity contribution in [2.24, 2.45) is 17.8 Å². The first-order chi connectivity index (χ1) is 10.4. The van der Waals surface area contributed by atoms with Gasteiger partial charge in [0.25, 0.3) is 0 Å². The van der Waals surface area contributed by atoms with Crippen LogP contribution in [-0.2, 0) is 4.74 Å². The minimum atomic E-state index is -0.405. The van der Waals surface area contributed by atoms with Crippen LogP contribution in [0.1, 0.15) is 65.7 Å². The second kappa shape index (κ2) is 7.67. The molecule has 4 nitrogen and oxygen atoms in total. The molecule has 0 spiro atoms.